The Hall–Kier alpha value is -0.560. The monoisotopic (exact) mass is 258 g/mol. The molecule has 0 heterocycles. The molecule has 4 N–H and O–H groups in total. The van der Waals surface area contributed by atoms with Crippen molar-refractivity contribution < 1.29 is 34.2 Å². The summed E-state index contributed by atoms with van der Waals surface area (Å²) in [6.45, 7) is 0. The predicted molar refractivity (Wildman–Crippen MR) is 52.7 cm³/mol. The largest absolute Gasteiger partial charge is 0.481 e. The van der Waals surface area contributed by atoms with Crippen LogP contribution in [0.3, 0.4) is 0 Å². The van der Waals surface area contributed by atoms with E-state index in [1.54, 1.807) is 0 Å². The third-order valence-electron chi connectivity index (χ3n) is 1.35. The number of hydrogen-bond donors (Lipinski definition) is 4. The molecule has 0 aromatic carbocycles. The SMILES string of the molecule is O=C(O)C[C@@H](CSCP(=O)(O)O)C(=O)O. The quantitative estimate of drug-likeness (QED) is 0.470. The number of aliphatic carboxylic acids is 2. The van der Waals surface area contributed by atoms with Crippen LogP contribution < -0.4 is 0 Å². The Kier molecular flexibility index (Phi) is 5.89. The molecule has 0 radical (unpaired) electrons. The second-order valence-electron chi connectivity index (χ2n) is 2.80. The number of carbonyl (C=O) groups is 2. The minimum absolute atomic E-state index is 0.132. The zero-order valence-corrected chi connectivity index (χ0v) is 9.28. The molecule has 0 saturated carbocycles. The predicted octanol–water partition coefficient (Wildman–Crippen LogP) is 0.0303. The molecule has 0 unspecified atom stereocenters. The molecule has 0 fully saturated rings. The van der Waals surface area contributed by atoms with Crippen LogP contribution in [0.5, 0.6) is 0 Å². The van der Waals surface area contributed by atoms with Gasteiger partial charge in [0.05, 0.1) is 17.8 Å². The molecule has 0 bridgehead atoms. The average molecular weight is 258 g/mol. The summed E-state index contributed by atoms with van der Waals surface area (Å²) in [7, 11) is -4.16. The van der Waals surface area contributed by atoms with Gasteiger partial charge in [-0.25, -0.2) is 0 Å². The van der Waals surface area contributed by atoms with Gasteiger partial charge in [-0.15, -0.1) is 11.8 Å². The fourth-order valence-electron chi connectivity index (χ4n) is 0.742. The molecule has 15 heavy (non-hydrogen) atoms. The summed E-state index contributed by atoms with van der Waals surface area (Å²) in [5.41, 5.74) is -0.504. The van der Waals surface area contributed by atoms with E-state index in [0.717, 1.165) is 11.8 Å². The number of rotatable bonds is 7. The van der Waals surface area contributed by atoms with Gasteiger partial charge in [-0.05, 0) is 0 Å². The second kappa shape index (κ2) is 6.12. The molecule has 0 aromatic heterocycles. The van der Waals surface area contributed by atoms with E-state index >= 15 is 0 Å². The van der Waals surface area contributed by atoms with E-state index < -0.39 is 37.4 Å². The van der Waals surface area contributed by atoms with E-state index in [9.17, 15) is 14.2 Å². The molecule has 0 amide bonds. The lowest BCUT2D eigenvalue weighted by Crippen LogP contribution is -2.20. The van der Waals surface area contributed by atoms with E-state index in [1.165, 1.54) is 0 Å². The second-order valence-corrected chi connectivity index (χ2v) is 5.90. The Balaban J connectivity index is 4.03. The first kappa shape index (κ1) is 14.4. The Morgan fingerprint density at radius 3 is 2.13 bits per heavy atom. The van der Waals surface area contributed by atoms with Crippen molar-refractivity contribution in [2.24, 2.45) is 5.92 Å². The fourth-order valence-corrected chi connectivity index (χ4v) is 2.66. The maximum atomic E-state index is 10.5. The molecular formula is C6H11O7PS. The summed E-state index contributed by atoms with van der Waals surface area (Å²) < 4.78 is 10.4. The molecule has 9 heteroatoms. The molecule has 0 aromatic rings. The third-order valence-corrected chi connectivity index (χ3v) is 4.06. The van der Waals surface area contributed by atoms with Crippen molar-refractivity contribution in [2.75, 3.05) is 11.2 Å². The smallest absolute Gasteiger partial charge is 0.335 e. The van der Waals surface area contributed by atoms with Crippen molar-refractivity contribution in [1.82, 2.24) is 0 Å². The Labute approximate surface area is 89.6 Å². The molecule has 0 aliphatic heterocycles. The molecule has 88 valence electrons. The van der Waals surface area contributed by atoms with Gasteiger partial charge in [0.1, 0.15) is 0 Å². The van der Waals surface area contributed by atoms with E-state index in [4.69, 9.17) is 20.0 Å². The highest BCUT2D eigenvalue weighted by Gasteiger charge is 2.22. The van der Waals surface area contributed by atoms with Crippen LogP contribution in [0.4, 0.5) is 0 Å². The van der Waals surface area contributed by atoms with Crippen LogP contribution in [0, 0.1) is 5.92 Å². The average Bonchev–Trinajstić information content (AvgIpc) is 1.99. The maximum Gasteiger partial charge on any atom is 0.335 e. The van der Waals surface area contributed by atoms with E-state index in [-0.39, 0.29) is 5.75 Å². The van der Waals surface area contributed by atoms with Gasteiger partial charge >= 0.3 is 19.5 Å². The lowest BCUT2D eigenvalue weighted by molar-refractivity contribution is -0.147. The molecule has 0 spiro atoms. The van der Waals surface area contributed by atoms with Crippen molar-refractivity contribution in [3.8, 4) is 0 Å². The topological polar surface area (TPSA) is 132 Å². The van der Waals surface area contributed by atoms with Crippen molar-refractivity contribution in [1.29, 1.82) is 0 Å². The van der Waals surface area contributed by atoms with Gasteiger partial charge in [-0.1, -0.05) is 0 Å². The van der Waals surface area contributed by atoms with Crippen LogP contribution in [0.25, 0.3) is 0 Å². The van der Waals surface area contributed by atoms with Crippen LogP contribution >= 0.6 is 19.4 Å². The Morgan fingerprint density at radius 1 is 1.27 bits per heavy atom. The van der Waals surface area contributed by atoms with Crippen molar-refractivity contribution in [3.05, 3.63) is 0 Å². The Bertz CT molecular complexity index is 285. The lowest BCUT2D eigenvalue weighted by atomic mass is 10.1. The van der Waals surface area contributed by atoms with Gasteiger partial charge in [-0.3, -0.25) is 14.2 Å². The summed E-state index contributed by atoms with van der Waals surface area (Å²) in [6.07, 6.45) is -0.552. The first-order valence-corrected chi connectivity index (χ1v) is 6.74. The Morgan fingerprint density at radius 2 is 1.80 bits per heavy atom. The fraction of sp³-hybridized carbons (Fsp3) is 0.667. The third kappa shape index (κ3) is 8.44. The number of carboxylic acids is 2. The highest BCUT2D eigenvalue weighted by atomic mass is 32.2. The zero-order valence-electron chi connectivity index (χ0n) is 7.57. The number of thioether (sulfide) groups is 1. The van der Waals surface area contributed by atoms with E-state index in [1.807, 2.05) is 0 Å². The van der Waals surface area contributed by atoms with Crippen LogP contribution in [-0.4, -0.2) is 43.2 Å². The van der Waals surface area contributed by atoms with Crippen LogP contribution in [0.15, 0.2) is 0 Å². The van der Waals surface area contributed by atoms with Crippen LogP contribution in [-0.2, 0) is 14.2 Å². The summed E-state index contributed by atoms with van der Waals surface area (Å²) in [4.78, 5) is 37.7. The lowest BCUT2D eigenvalue weighted by Gasteiger charge is -2.09. The molecule has 0 aliphatic rings. The van der Waals surface area contributed by atoms with Crippen molar-refractivity contribution in [2.45, 2.75) is 6.42 Å². The van der Waals surface area contributed by atoms with E-state index in [2.05, 4.69) is 0 Å². The van der Waals surface area contributed by atoms with Gasteiger partial charge in [-0.2, -0.15) is 0 Å². The maximum absolute atomic E-state index is 10.5. The summed E-state index contributed by atoms with van der Waals surface area (Å²) in [5.74, 6) is -3.79. The van der Waals surface area contributed by atoms with Crippen LogP contribution in [0.2, 0.25) is 0 Å². The van der Waals surface area contributed by atoms with Crippen molar-refractivity contribution >= 4 is 31.3 Å². The number of carboxylic acid groups (broad SMARTS) is 2. The molecule has 1 atom stereocenters. The first-order valence-electron chi connectivity index (χ1n) is 3.79. The minimum Gasteiger partial charge on any atom is -0.481 e. The molecule has 7 nitrogen and oxygen atoms in total. The highest BCUT2D eigenvalue weighted by molar-refractivity contribution is 8.04. The van der Waals surface area contributed by atoms with E-state index in [0.29, 0.717) is 0 Å². The first-order chi connectivity index (χ1) is 6.72. The highest BCUT2D eigenvalue weighted by Crippen LogP contribution is 2.39. The van der Waals surface area contributed by atoms with Gasteiger partial charge in [0, 0.05) is 5.75 Å². The molecule has 0 saturated heterocycles. The summed E-state index contributed by atoms with van der Waals surface area (Å²) in [5, 5.41) is 16.9. The number of hydrogen-bond acceptors (Lipinski definition) is 4. The van der Waals surface area contributed by atoms with Gasteiger partial charge in [0.15, 0.2) is 0 Å². The zero-order chi connectivity index (χ0) is 12.1. The normalized spacial score (nSPS) is 13.5. The molecular weight excluding hydrogens is 247 g/mol. The van der Waals surface area contributed by atoms with Gasteiger partial charge in [0.25, 0.3) is 0 Å². The van der Waals surface area contributed by atoms with Crippen LogP contribution in [0.1, 0.15) is 6.42 Å². The summed E-state index contributed by atoms with van der Waals surface area (Å²) in [6, 6.07) is 0. The molecule has 0 rings (SSSR count). The van der Waals surface area contributed by atoms with Gasteiger partial charge in [0.2, 0.25) is 0 Å². The van der Waals surface area contributed by atoms with Crippen molar-refractivity contribution in [3.63, 3.8) is 0 Å². The summed E-state index contributed by atoms with van der Waals surface area (Å²) >= 11 is 0.731. The van der Waals surface area contributed by atoms with Gasteiger partial charge < -0.3 is 20.0 Å². The minimum atomic E-state index is -4.16. The standard InChI is InChI=1S/C6H11O7PS/c7-5(8)1-4(6(9)10)2-15-3-14(11,12)13/h4H,1-3H2,(H,7,8)(H,9,10)(H2,11,12,13)/t4-/m0/s1. The molecule has 0 aliphatic carbocycles.